The molecule has 0 aliphatic carbocycles. The second-order valence-corrected chi connectivity index (χ2v) is 6.58. The van der Waals surface area contributed by atoms with Crippen LogP contribution in [-0.4, -0.2) is 73.9 Å². The van der Waals surface area contributed by atoms with E-state index in [1.165, 1.54) is 25.8 Å². The maximum atomic E-state index is 9.00. The van der Waals surface area contributed by atoms with Crippen molar-refractivity contribution < 1.29 is 5.11 Å². The molecule has 0 aromatic rings. The summed E-state index contributed by atoms with van der Waals surface area (Å²) in [7, 11) is 0. The van der Waals surface area contributed by atoms with Crippen LogP contribution in [0.15, 0.2) is 0 Å². The summed E-state index contributed by atoms with van der Waals surface area (Å²) in [5.41, 5.74) is 0.392. The van der Waals surface area contributed by atoms with E-state index in [1.807, 2.05) is 0 Å². The molecule has 1 aliphatic rings. The molecule has 20 heavy (non-hydrogen) atoms. The molecule has 0 aromatic heterocycles. The first-order chi connectivity index (χ1) is 9.63. The molecule has 1 saturated heterocycles. The first-order valence-corrected chi connectivity index (χ1v) is 8.40. The van der Waals surface area contributed by atoms with Crippen LogP contribution in [-0.2, 0) is 0 Å². The van der Waals surface area contributed by atoms with E-state index in [1.54, 1.807) is 0 Å². The van der Waals surface area contributed by atoms with Crippen LogP contribution < -0.4 is 5.32 Å². The minimum atomic E-state index is 0.286. The Labute approximate surface area is 125 Å². The Morgan fingerprint density at radius 1 is 1.05 bits per heavy atom. The molecular formula is C16H35N3O. The molecule has 120 valence electrons. The van der Waals surface area contributed by atoms with Crippen molar-refractivity contribution >= 4 is 0 Å². The zero-order chi connectivity index (χ0) is 14.8. The largest absolute Gasteiger partial charge is 0.395 e. The Morgan fingerprint density at radius 3 is 2.25 bits per heavy atom. The first kappa shape index (κ1) is 17.9. The number of hydrogen-bond donors (Lipinski definition) is 2. The zero-order valence-electron chi connectivity index (χ0n) is 13.8. The summed E-state index contributed by atoms with van der Waals surface area (Å²) in [6, 6.07) is 0. The third kappa shape index (κ3) is 6.53. The number of piperazine rings is 1. The third-order valence-corrected chi connectivity index (χ3v) is 4.32. The quantitative estimate of drug-likeness (QED) is 0.595. The summed E-state index contributed by atoms with van der Waals surface area (Å²) >= 11 is 0. The van der Waals surface area contributed by atoms with Crippen LogP contribution in [0.4, 0.5) is 0 Å². The molecule has 0 amide bonds. The molecule has 1 unspecified atom stereocenters. The summed E-state index contributed by atoms with van der Waals surface area (Å²) in [5.74, 6) is 0. The summed E-state index contributed by atoms with van der Waals surface area (Å²) < 4.78 is 0. The molecule has 0 aromatic carbocycles. The molecule has 4 heteroatoms. The van der Waals surface area contributed by atoms with E-state index in [2.05, 4.69) is 35.9 Å². The van der Waals surface area contributed by atoms with Gasteiger partial charge in [-0.3, -0.25) is 4.90 Å². The third-order valence-electron chi connectivity index (χ3n) is 4.32. The topological polar surface area (TPSA) is 38.7 Å². The van der Waals surface area contributed by atoms with Crippen LogP contribution in [0, 0.1) is 5.41 Å². The number of nitrogens with one attached hydrogen (secondary N) is 1. The van der Waals surface area contributed by atoms with Crippen LogP contribution in [0.2, 0.25) is 0 Å². The lowest BCUT2D eigenvalue weighted by Gasteiger charge is -2.40. The van der Waals surface area contributed by atoms with Gasteiger partial charge in [0.1, 0.15) is 0 Å². The average Bonchev–Trinajstić information content (AvgIpc) is 2.42. The van der Waals surface area contributed by atoms with Crippen molar-refractivity contribution in [1.82, 2.24) is 15.1 Å². The molecule has 1 atom stereocenters. The fourth-order valence-electron chi connectivity index (χ4n) is 3.25. The lowest BCUT2D eigenvalue weighted by atomic mass is 9.84. The summed E-state index contributed by atoms with van der Waals surface area (Å²) in [4.78, 5) is 4.97. The molecule has 0 bridgehead atoms. The Hall–Kier alpha value is -0.160. The second-order valence-electron chi connectivity index (χ2n) is 6.58. The molecule has 4 nitrogen and oxygen atoms in total. The number of nitrogens with zero attached hydrogens (tertiary/aromatic N) is 2. The highest BCUT2D eigenvalue weighted by molar-refractivity contribution is 4.83. The van der Waals surface area contributed by atoms with Gasteiger partial charge in [0, 0.05) is 45.8 Å². The molecule has 1 heterocycles. The SMILES string of the molecule is CCCNCC(C)(CCC)CN1CCN(CCO)CC1. The minimum Gasteiger partial charge on any atom is -0.395 e. The number of β-amino-alcohol motifs (C(OH)–C–C–N with tert-alkyl or cyclic N) is 1. The molecule has 0 radical (unpaired) electrons. The fourth-order valence-corrected chi connectivity index (χ4v) is 3.25. The van der Waals surface area contributed by atoms with Crippen LogP contribution in [0.25, 0.3) is 0 Å². The van der Waals surface area contributed by atoms with Gasteiger partial charge in [-0.1, -0.05) is 27.2 Å². The van der Waals surface area contributed by atoms with Gasteiger partial charge in [0.2, 0.25) is 0 Å². The van der Waals surface area contributed by atoms with Crippen molar-refractivity contribution in [2.75, 3.05) is 59.0 Å². The van der Waals surface area contributed by atoms with Crippen LogP contribution >= 0.6 is 0 Å². The minimum absolute atomic E-state index is 0.286. The van der Waals surface area contributed by atoms with E-state index in [0.717, 1.165) is 45.8 Å². The molecular weight excluding hydrogens is 250 g/mol. The fraction of sp³-hybridized carbons (Fsp3) is 1.00. The highest BCUT2D eigenvalue weighted by Crippen LogP contribution is 2.24. The van der Waals surface area contributed by atoms with Crippen molar-refractivity contribution in [3.8, 4) is 0 Å². The van der Waals surface area contributed by atoms with Gasteiger partial charge in [-0.15, -0.1) is 0 Å². The molecule has 2 N–H and O–H groups in total. The Kier molecular flexibility index (Phi) is 8.69. The van der Waals surface area contributed by atoms with Crippen LogP contribution in [0.5, 0.6) is 0 Å². The van der Waals surface area contributed by atoms with Gasteiger partial charge in [-0.25, -0.2) is 0 Å². The van der Waals surface area contributed by atoms with Gasteiger partial charge >= 0.3 is 0 Å². The summed E-state index contributed by atoms with van der Waals surface area (Å²) in [5, 5.41) is 12.6. The van der Waals surface area contributed by atoms with Crippen molar-refractivity contribution in [3.05, 3.63) is 0 Å². The highest BCUT2D eigenvalue weighted by atomic mass is 16.3. The molecule has 1 rings (SSSR count). The maximum absolute atomic E-state index is 9.00. The Balaban J connectivity index is 2.37. The van der Waals surface area contributed by atoms with Crippen molar-refractivity contribution in [2.45, 2.75) is 40.0 Å². The van der Waals surface area contributed by atoms with E-state index in [0.29, 0.717) is 5.41 Å². The number of aliphatic hydroxyl groups excluding tert-OH is 1. The molecule has 1 fully saturated rings. The predicted molar refractivity (Wildman–Crippen MR) is 86.1 cm³/mol. The lowest BCUT2D eigenvalue weighted by molar-refractivity contribution is 0.0766. The number of rotatable bonds is 10. The number of aliphatic hydroxyl groups is 1. The van der Waals surface area contributed by atoms with Crippen molar-refractivity contribution in [3.63, 3.8) is 0 Å². The van der Waals surface area contributed by atoms with E-state index >= 15 is 0 Å². The van der Waals surface area contributed by atoms with Crippen molar-refractivity contribution in [2.24, 2.45) is 5.41 Å². The van der Waals surface area contributed by atoms with Gasteiger partial charge in [0.05, 0.1) is 6.61 Å². The summed E-state index contributed by atoms with van der Waals surface area (Å²) in [6.07, 6.45) is 3.76. The van der Waals surface area contributed by atoms with Gasteiger partial charge in [0.15, 0.2) is 0 Å². The number of hydrogen-bond acceptors (Lipinski definition) is 4. The van der Waals surface area contributed by atoms with E-state index in [9.17, 15) is 0 Å². The van der Waals surface area contributed by atoms with Crippen molar-refractivity contribution in [1.29, 1.82) is 0 Å². The predicted octanol–water partition coefficient (Wildman–Crippen LogP) is 1.40. The highest BCUT2D eigenvalue weighted by Gasteiger charge is 2.27. The van der Waals surface area contributed by atoms with E-state index in [4.69, 9.17) is 5.11 Å². The molecule has 0 spiro atoms. The van der Waals surface area contributed by atoms with Crippen LogP contribution in [0.3, 0.4) is 0 Å². The second kappa shape index (κ2) is 9.72. The Morgan fingerprint density at radius 2 is 1.70 bits per heavy atom. The first-order valence-electron chi connectivity index (χ1n) is 8.40. The zero-order valence-corrected chi connectivity index (χ0v) is 13.8. The average molecular weight is 285 g/mol. The maximum Gasteiger partial charge on any atom is 0.0558 e. The van der Waals surface area contributed by atoms with E-state index in [-0.39, 0.29) is 6.61 Å². The normalized spacial score (nSPS) is 21.0. The van der Waals surface area contributed by atoms with Crippen LogP contribution in [0.1, 0.15) is 40.0 Å². The molecule has 1 aliphatic heterocycles. The van der Waals surface area contributed by atoms with E-state index < -0.39 is 0 Å². The smallest absolute Gasteiger partial charge is 0.0558 e. The monoisotopic (exact) mass is 285 g/mol. The van der Waals surface area contributed by atoms with Gasteiger partial charge in [-0.2, -0.15) is 0 Å². The standard InChI is InChI=1S/C16H35N3O/c1-4-6-16(3,14-17-7-5-2)15-19-10-8-18(9-11-19)12-13-20/h17,20H,4-15H2,1-3H3. The lowest BCUT2D eigenvalue weighted by Crippen LogP contribution is -2.51. The Bertz CT molecular complexity index is 242. The molecule has 0 saturated carbocycles. The van der Waals surface area contributed by atoms with Gasteiger partial charge < -0.3 is 15.3 Å². The van der Waals surface area contributed by atoms with Gasteiger partial charge in [0.25, 0.3) is 0 Å². The summed E-state index contributed by atoms with van der Waals surface area (Å²) in [6.45, 7) is 16.0. The van der Waals surface area contributed by atoms with Gasteiger partial charge in [-0.05, 0) is 24.8 Å².